The summed E-state index contributed by atoms with van der Waals surface area (Å²) in [7, 11) is 0. The first-order valence-electron chi connectivity index (χ1n) is 2.65. The molecule has 1 aliphatic carbocycles. The lowest BCUT2D eigenvalue weighted by molar-refractivity contribution is 0.257. The second-order valence-electron chi connectivity index (χ2n) is 1.81. The first-order chi connectivity index (χ1) is 4.33. The molecule has 1 aliphatic rings. The molecule has 0 bridgehead atoms. The zero-order valence-corrected chi connectivity index (χ0v) is 5.45. The van der Waals surface area contributed by atoms with Gasteiger partial charge in [0.25, 0.3) is 0 Å². The molecule has 0 atom stereocenters. The molecule has 0 unspecified atom stereocenters. The van der Waals surface area contributed by atoms with Crippen molar-refractivity contribution < 1.29 is 9.40 Å². The van der Waals surface area contributed by atoms with Crippen molar-refractivity contribution in [3.05, 3.63) is 24.3 Å². The highest BCUT2D eigenvalue weighted by Crippen LogP contribution is 2.06. The molecule has 0 heterocycles. The highest BCUT2D eigenvalue weighted by atomic mass is 35.5. The molecule has 2 nitrogen and oxygen atoms in total. The molecule has 3 heteroatoms. The van der Waals surface area contributed by atoms with E-state index in [0.717, 1.165) is 0 Å². The fourth-order valence-electron chi connectivity index (χ4n) is 0.634. The predicted octanol–water partition coefficient (Wildman–Crippen LogP) is 1.01. The molecule has 1 N–H and O–H groups in total. The van der Waals surface area contributed by atoms with E-state index in [1.54, 1.807) is 24.3 Å². The third-order valence-electron chi connectivity index (χ3n) is 1.10. The summed E-state index contributed by atoms with van der Waals surface area (Å²) in [5.41, 5.74) is 0. The van der Waals surface area contributed by atoms with E-state index < -0.39 is 6.10 Å². The van der Waals surface area contributed by atoms with Crippen LogP contribution in [0, 0.1) is 0 Å². The van der Waals surface area contributed by atoms with Gasteiger partial charge in [0.15, 0.2) is 0 Å². The Labute approximate surface area is 58.6 Å². The van der Waals surface area contributed by atoms with Crippen molar-refractivity contribution in [1.29, 1.82) is 0 Å². The highest BCUT2D eigenvalue weighted by molar-refractivity contribution is 6.07. The number of halogens is 1. The van der Waals surface area contributed by atoms with Crippen molar-refractivity contribution >= 4 is 11.9 Å². The maximum Gasteiger partial charge on any atom is 0.116 e. The minimum absolute atomic E-state index is 0.185. The summed E-state index contributed by atoms with van der Waals surface area (Å²) in [6.45, 7) is 0. The van der Waals surface area contributed by atoms with Crippen LogP contribution in [-0.2, 0) is 4.29 Å². The molecule has 0 amide bonds. The molecule has 0 aromatic heterocycles. The van der Waals surface area contributed by atoms with Crippen molar-refractivity contribution in [2.24, 2.45) is 0 Å². The lowest BCUT2D eigenvalue weighted by Gasteiger charge is -2.08. The van der Waals surface area contributed by atoms with E-state index in [0.29, 0.717) is 0 Å². The molecule has 0 aromatic carbocycles. The van der Waals surface area contributed by atoms with Crippen LogP contribution in [0.25, 0.3) is 0 Å². The summed E-state index contributed by atoms with van der Waals surface area (Å²) in [4.78, 5) is 0. The van der Waals surface area contributed by atoms with Crippen LogP contribution in [0.3, 0.4) is 0 Å². The molecule has 1 rings (SSSR count). The van der Waals surface area contributed by atoms with Gasteiger partial charge in [0.2, 0.25) is 0 Å². The first kappa shape index (κ1) is 6.81. The number of rotatable bonds is 1. The molecule has 0 fully saturated rings. The topological polar surface area (TPSA) is 29.5 Å². The zero-order chi connectivity index (χ0) is 6.69. The maximum atomic E-state index is 8.85. The van der Waals surface area contributed by atoms with Gasteiger partial charge in [-0.3, -0.25) is 4.29 Å². The van der Waals surface area contributed by atoms with Crippen LogP contribution in [0.15, 0.2) is 24.3 Å². The van der Waals surface area contributed by atoms with E-state index in [9.17, 15) is 0 Å². The average molecular weight is 147 g/mol. The van der Waals surface area contributed by atoms with Crippen molar-refractivity contribution in [3.8, 4) is 0 Å². The number of hydrogen-bond donors (Lipinski definition) is 1. The summed E-state index contributed by atoms with van der Waals surface area (Å²) < 4.78 is 4.43. The normalized spacial score (nSPS) is 33.1. The Hall–Kier alpha value is -0.310. The molecule has 50 valence electrons. The second kappa shape index (κ2) is 3.01. The number of aliphatic hydroxyl groups is 1. The summed E-state index contributed by atoms with van der Waals surface area (Å²) in [5, 5.41) is 8.85. The molecule has 9 heavy (non-hydrogen) atoms. The SMILES string of the molecule is OC1C=CC(OCl)C=C1. The lowest BCUT2D eigenvalue weighted by atomic mass is 10.1. The van der Waals surface area contributed by atoms with Gasteiger partial charge in [0, 0.05) is 0 Å². The molecule has 0 saturated carbocycles. The standard InChI is InChI=1S/C6H7ClO2/c7-9-6-3-1-5(8)2-4-6/h1-6,8H. The van der Waals surface area contributed by atoms with E-state index in [4.69, 9.17) is 17.0 Å². The Balaban J connectivity index is 2.48. The number of hydrogen-bond acceptors (Lipinski definition) is 2. The van der Waals surface area contributed by atoms with Crippen LogP contribution >= 0.6 is 11.9 Å². The minimum Gasteiger partial charge on any atom is -0.385 e. The lowest BCUT2D eigenvalue weighted by Crippen LogP contribution is -2.09. The fourth-order valence-corrected chi connectivity index (χ4v) is 0.753. The van der Waals surface area contributed by atoms with Gasteiger partial charge in [-0.25, -0.2) is 0 Å². The Morgan fingerprint density at radius 2 is 1.78 bits per heavy atom. The summed E-state index contributed by atoms with van der Waals surface area (Å²) in [5.74, 6) is 0. The molecule has 0 spiro atoms. The van der Waals surface area contributed by atoms with Crippen molar-refractivity contribution in [2.45, 2.75) is 12.2 Å². The second-order valence-corrected chi connectivity index (χ2v) is 1.99. The van der Waals surface area contributed by atoms with Crippen LogP contribution in [0.1, 0.15) is 0 Å². The van der Waals surface area contributed by atoms with Crippen LogP contribution in [0.2, 0.25) is 0 Å². The maximum absolute atomic E-state index is 8.85. The Bertz CT molecular complexity index is 128. The van der Waals surface area contributed by atoms with Crippen molar-refractivity contribution in [1.82, 2.24) is 0 Å². The van der Waals surface area contributed by atoms with Gasteiger partial charge in [-0.1, -0.05) is 24.3 Å². The van der Waals surface area contributed by atoms with E-state index >= 15 is 0 Å². The Morgan fingerprint density at radius 1 is 1.22 bits per heavy atom. The Kier molecular flexibility index (Phi) is 2.28. The van der Waals surface area contributed by atoms with Gasteiger partial charge in [0.1, 0.15) is 6.10 Å². The predicted molar refractivity (Wildman–Crippen MR) is 35.0 cm³/mol. The van der Waals surface area contributed by atoms with Crippen LogP contribution < -0.4 is 0 Å². The first-order valence-corrected chi connectivity index (χ1v) is 2.96. The third kappa shape index (κ3) is 1.82. The number of aliphatic hydroxyl groups excluding tert-OH is 1. The van der Waals surface area contributed by atoms with Gasteiger partial charge >= 0.3 is 0 Å². The molecular formula is C6H7ClO2. The largest absolute Gasteiger partial charge is 0.385 e. The highest BCUT2D eigenvalue weighted by Gasteiger charge is 2.04. The van der Waals surface area contributed by atoms with Gasteiger partial charge in [-0.05, 0) is 0 Å². The van der Waals surface area contributed by atoms with Crippen LogP contribution in [0.4, 0.5) is 0 Å². The van der Waals surface area contributed by atoms with Gasteiger partial charge < -0.3 is 5.11 Å². The zero-order valence-electron chi connectivity index (χ0n) is 4.70. The summed E-state index contributed by atoms with van der Waals surface area (Å²) in [6, 6.07) is 0. The van der Waals surface area contributed by atoms with Crippen molar-refractivity contribution in [3.63, 3.8) is 0 Å². The molecular weight excluding hydrogens is 140 g/mol. The Morgan fingerprint density at radius 3 is 2.22 bits per heavy atom. The van der Waals surface area contributed by atoms with E-state index in [1.807, 2.05) is 0 Å². The minimum atomic E-state index is -0.479. The smallest absolute Gasteiger partial charge is 0.116 e. The van der Waals surface area contributed by atoms with E-state index in [2.05, 4.69) is 4.29 Å². The van der Waals surface area contributed by atoms with Crippen LogP contribution in [0.5, 0.6) is 0 Å². The quantitative estimate of drug-likeness (QED) is 0.560. The summed E-state index contributed by atoms with van der Waals surface area (Å²) in [6.07, 6.45) is 5.96. The van der Waals surface area contributed by atoms with E-state index in [-0.39, 0.29) is 6.10 Å². The van der Waals surface area contributed by atoms with E-state index in [1.165, 1.54) is 0 Å². The molecule has 0 saturated heterocycles. The van der Waals surface area contributed by atoms with Crippen molar-refractivity contribution in [2.75, 3.05) is 0 Å². The van der Waals surface area contributed by atoms with Crippen LogP contribution in [-0.4, -0.2) is 17.3 Å². The monoisotopic (exact) mass is 146 g/mol. The van der Waals surface area contributed by atoms with Gasteiger partial charge in [-0.15, -0.1) is 0 Å². The molecule has 0 radical (unpaired) electrons. The molecule has 0 aliphatic heterocycles. The van der Waals surface area contributed by atoms with Gasteiger partial charge in [-0.2, -0.15) is 0 Å². The fraction of sp³-hybridized carbons (Fsp3) is 0.333. The molecule has 0 aromatic rings. The average Bonchev–Trinajstić information content (AvgIpc) is 1.90. The third-order valence-corrected chi connectivity index (χ3v) is 1.30. The summed E-state index contributed by atoms with van der Waals surface area (Å²) >= 11 is 5.04. The van der Waals surface area contributed by atoms with Gasteiger partial charge in [0.05, 0.1) is 18.0 Å².